The lowest BCUT2D eigenvalue weighted by Crippen LogP contribution is -2.29. The molecule has 0 aromatic carbocycles. The van der Waals surface area contributed by atoms with E-state index in [1.54, 1.807) is 0 Å². The summed E-state index contributed by atoms with van der Waals surface area (Å²) >= 11 is 7.33. The van der Waals surface area contributed by atoms with Crippen LogP contribution in [-0.2, 0) is 17.8 Å². The van der Waals surface area contributed by atoms with Gasteiger partial charge in [-0.3, -0.25) is 4.79 Å². The average molecular weight is 286 g/mol. The summed E-state index contributed by atoms with van der Waals surface area (Å²) in [5, 5.41) is 6.62. The van der Waals surface area contributed by atoms with Crippen LogP contribution in [0.5, 0.6) is 0 Å². The van der Waals surface area contributed by atoms with Gasteiger partial charge in [0.15, 0.2) is 0 Å². The highest BCUT2D eigenvalue weighted by atomic mass is 35.5. The Morgan fingerprint density at radius 2 is 2.39 bits per heavy atom. The van der Waals surface area contributed by atoms with Gasteiger partial charge < -0.3 is 11.1 Å². The Labute approximate surface area is 113 Å². The summed E-state index contributed by atoms with van der Waals surface area (Å²) in [4.78, 5) is 16.4. The van der Waals surface area contributed by atoms with Gasteiger partial charge in [-0.05, 0) is 18.6 Å². The number of amides is 1. The van der Waals surface area contributed by atoms with E-state index in [0.29, 0.717) is 6.54 Å². The molecular weight excluding hydrogens is 274 g/mol. The molecule has 0 fully saturated rings. The van der Waals surface area contributed by atoms with Crippen LogP contribution in [0.2, 0.25) is 4.34 Å². The first-order valence-electron chi connectivity index (χ1n) is 5.29. The molecule has 0 saturated carbocycles. The number of carbonyl (C=O) groups is 1. The Balaban J connectivity index is 1.72. The first kappa shape index (κ1) is 12.8. The lowest BCUT2D eigenvalue weighted by Gasteiger charge is -2.03. The van der Waals surface area contributed by atoms with Crippen LogP contribution in [0.15, 0.2) is 18.5 Å². The molecule has 2 aromatic heterocycles. The molecule has 0 atom stereocenters. The zero-order valence-electron chi connectivity index (χ0n) is 9.47. The fourth-order valence-corrected chi connectivity index (χ4v) is 2.49. The maximum Gasteiger partial charge on any atom is 0.241 e. The predicted octanol–water partition coefficient (Wildman–Crippen LogP) is 0.934. The molecule has 2 aromatic rings. The molecule has 0 spiro atoms. The summed E-state index contributed by atoms with van der Waals surface area (Å²) in [6, 6.07) is 3.80. The van der Waals surface area contributed by atoms with Crippen molar-refractivity contribution in [3.05, 3.63) is 27.7 Å². The molecule has 0 aliphatic carbocycles. The van der Waals surface area contributed by atoms with Crippen LogP contribution in [0.3, 0.4) is 0 Å². The highest BCUT2D eigenvalue weighted by Crippen LogP contribution is 2.21. The Bertz CT molecular complexity index is 538. The molecule has 0 aliphatic heterocycles. The topological polar surface area (TPSA) is 85.8 Å². The number of nitrogen functional groups attached to an aromatic ring is 1. The van der Waals surface area contributed by atoms with Gasteiger partial charge in [0, 0.05) is 11.4 Å². The number of hydrogen-bond acceptors (Lipinski definition) is 5. The molecular formula is C10H12ClN5OS. The number of carbonyl (C=O) groups excluding carboxylic acids is 1. The quantitative estimate of drug-likeness (QED) is 0.856. The average Bonchev–Trinajstić information content (AvgIpc) is 2.88. The molecule has 0 saturated heterocycles. The molecule has 6 nitrogen and oxygen atoms in total. The molecule has 0 radical (unpaired) electrons. The number of rotatable bonds is 5. The number of nitrogens with two attached hydrogens (primary N) is 1. The van der Waals surface area contributed by atoms with Gasteiger partial charge in [0.05, 0.1) is 4.34 Å². The summed E-state index contributed by atoms with van der Waals surface area (Å²) in [7, 11) is 0. The minimum atomic E-state index is -0.123. The van der Waals surface area contributed by atoms with Crippen molar-refractivity contribution in [2.45, 2.75) is 13.0 Å². The van der Waals surface area contributed by atoms with Gasteiger partial charge in [0.2, 0.25) is 11.9 Å². The molecule has 96 valence electrons. The third-order valence-corrected chi connectivity index (χ3v) is 3.47. The molecule has 0 aliphatic rings. The summed E-state index contributed by atoms with van der Waals surface area (Å²) in [5.74, 6) is 0.0404. The SMILES string of the molecule is Nc1ncn(CC(=O)NCCc2ccc(Cl)s2)n1. The van der Waals surface area contributed by atoms with Crippen molar-refractivity contribution in [1.29, 1.82) is 0 Å². The van der Waals surface area contributed by atoms with Gasteiger partial charge in [-0.2, -0.15) is 0 Å². The van der Waals surface area contributed by atoms with Crippen molar-refractivity contribution in [2.24, 2.45) is 0 Å². The third kappa shape index (κ3) is 3.71. The van der Waals surface area contributed by atoms with Crippen molar-refractivity contribution < 1.29 is 4.79 Å². The number of nitrogens with one attached hydrogen (secondary N) is 1. The van der Waals surface area contributed by atoms with Gasteiger partial charge in [-0.25, -0.2) is 9.67 Å². The van der Waals surface area contributed by atoms with E-state index >= 15 is 0 Å². The van der Waals surface area contributed by atoms with Gasteiger partial charge in [0.1, 0.15) is 12.9 Å². The molecule has 1 amide bonds. The smallest absolute Gasteiger partial charge is 0.241 e. The zero-order chi connectivity index (χ0) is 13.0. The van der Waals surface area contributed by atoms with E-state index < -0.39 is 0 Å². The standard InChI is InChI=1S/C10H12ClN5OS/c11-8-2-1-7(18-8)3-4-13-9(17)5-16-6-14-10(12)15-16/h1-2,6H,3-5H2,(H2,12,15)(H,13,17). The van der Waals surface area contributed by atoms with Gasteiger partial charge >= 0.3 is 0 Å². The van der Waals surface area contributed by atoms with E-state index in [4.69, 9.17) is 17.3 Å². The van der Waals surface area contributed by atoms with Crippen LogP contribution in [-0.4, -0.2) is 27.2 Å². The minimum Gasteiger partial charge on any atom is -0.367 e. The zero-order valence-corrected chi connectivity index (χ0v) is 11.0. The van der Waals surface area contributed by atoms with Crippen LogP contribution in [0.4, 0.5) is 5.95 Å². The number of thiophene rings is 1. The van der Waals surface area contributed by atoms with E-state index in [0.717, 1.165) is 15.6 Å². The van der Waals surface area contributed by atoms with Crippen molar-refractivity contribution in [2.75, 3.05) is 12.3 Å². The molecule has 0 unspecified atom stereocenters. The fraction of sp³-hybridized carbons (Fsp3) is 0.300. The Hall–Kier alpha value is -1.60. The van der Waals surface area contributed by atoms with Crippen molar-refractivity contribution in [3.8, 4) is 0 Å². The van der Waals surface area contributed by atoms with E-state index in [2.05, 4.69) is 15.4 Å². The van der Waals surface area contributed by atoms with Crippen molar-refractivity contribution >= 4 is 34.8 Å². The largest absolute Gasteiger partial charge is 0.367 e. The minimum absolute atomic E-state index is 0.120. The van der Waals surface area contributed by atoms with E-state index in [1.807, 2.05) is 12.1 Å². The van der Waals surface area contributed by atoms with Gasteiger partial charge in [-0.15, -0.1) is 16.4 Å². The summed E-state index contributed by atoms with van der Waals surface area (Å²) in [5.41, 5.74) is 5.35. The highest BCUT2D eigenvalue weighted by molar-refractivity contribution is 7.16. The molecule has 0 bridgehead atoms. The summed E-state index contributed by atoms with van der Waals surface area (Å²) < 4.78 is 2.15. The van der Waals surface area contributed by atoms with E-state index in [9.17, 15) is 4.79 Å². The lowest BCUT2D eigenvalue weighted by atomic mass is 10.3. The third-order valence-electron chi connectivity index (χ3n) is 2.18. The maximum atomic E-state index is 11.6. The molecule has 8 heteroatoms. The van der Waals surface area contributed by atoms with Crippen molar-refractivity contribution in [3.63, 3.8) is 0 Å². The van der Waals surface area contributed by atoms with Gasteiger partial charge in [-0.1, -0.05) is 11.6 Å². The number of anilines is 1. The maximum absolute atomic E-state index is 11.6. The second-order valence-corrected chi connectivity index (χ2v) is 5.41. The van der Waals surface area contributed by atoms with Crippen LogP contribution in [0.25, 0.3) is 0 Å². The Morgan fingerprint density at radius 3 is 3.00 bits per heavy atom. The second-order valence-electron chi connectivity index (χ2n) is 3.61. The number of aromatic nitrogens is 3. The van der Waals surface area contributed by atoms with Crippen molar-refractivity contribution in [1.82, 2.24) is 20.1 Å². The van der Waals surface area contributed by atoms with E-state index in [-0.39, 0.29) is 18.4 Å². The fourth-order valence-electron chi connectivity index (χ4n) is 1.40. The predicted molar refractivity (Wildman–Crippen MR) is 70.5 cm³/mol. The highest BCUT2D eigenvalue weighted by Gasteiger charge is 2.04. The monoisotopic (exact) mass is 285 g/mol. The summed E-state index contributed by atoms with van der Waals surface area (Å²) in [6.07, 6.45) is 2.19. The first-order chi connectivity index (χ1) is 8.63. The van der Waals surface area contributed by atoms with Gasteiger partial charge in [0.25, 0.3) is 0 Å². The molecule has 3 N–H and O–H groups in total. The number of halogens is 1. The second kappa shape index (κ2) is 5.83. The molecule has 18 heavy (non-hydrogen) atoms. The van der Waals surface area contributed by atoms with Crippen LogP contribution >= 0.6 is 22.9 Å². The van der Waals surface area contributed by atoms with E-state index in [1.165, 1.54) is 22.3 Å². The Morgan fingerprint density at radius 1 is 1.56 bits per heavy atom. The van der Waals surface area contributed by atoms with Crippen LogP contribution < -0.4 is 11.1 Å². The number of nitrogens with zero attached hydrogens (tertiary/aromatic N) is 3. The normalized spacial score (nSPS) is 10.5. The van der Waals surface area contributed by atoms with Crippen LogP contribution in [0, 0.1) is 0 Å². The first-order valence-corrected chi connectivity index (χ1v) is 6.49. The van der Waals surface area contributed by atoms with Crippen LogP contribution in [0.1, 0.15) is 4.88 Å². The molecule has 2 rings (SSSR count). The number of hydrogen-bond donors (Lipinski definition) is 2. The molecule has 2 heterocycles. The lowest BCUT2D eigenvalue weighted by molar-refractivity contribution is -0.121. The summed E-state index contributed by atoms with van der Waals surface area (Å²) in [6.45, 7) is 0.690. The Kier molecular flexibility index (Phi) is 4.16.